The molecule has 0 bridgehead atoms. The first-order valence-corrected chi connectivity index (χ1v) is 6.53. The smallest absolute Gasteiger partial charge is 0.255 e. The zero-order valence-corrected chi connectivity index (χ0v) is 11.5. The lowest BCUT2D eigenvalue weighted by Crippen LogP contribution is -2.23. The number of thioether (sulfide) groups is 1. The van der Waals surface area contributed by atoms with E-state index < -0.39 is 16.7 Å². The van der Waals surface area contributed by atoms with Gasteiger partial charge in [0.1, 0.15) is 5.76 Å². The number of nitrogens with zero attached hydrogens (tertiary/aromatic N) is 2. The van der Waals surface area contributed by atoms with Gasteiger partial charge in [-0.3, -0.25) is 9.59 Å². The predicted octanol–water partition coefficient (Wildman–Crippen LogP) is 0.891. The van der Waals surface area contributed by atoms with Crippen LogP contribution in [0, 0.1) is 6.92 Å². The number of nitrogens with one attached hydrogen (secondary N) is 2. The molecule has 0 aliphatic heterocycles. The first-order chi connectivity index (χ1) is 9.44. The van der Waals surface area contributed by atoms with Gasteiger partial charge in [-0.05, 0) is 13.8 Å². The van der Waals surface area contributed by atoms with Crippen LogP contribution in [0.5, 0.6) is 5.88 Å². The van der Waals surface area contributed by atoms with Gasteiger partial charge in [0.25, 0.3) is 5.56 Å². The standard InChI is InChI=1S/C11H12N4O4S/c1-5-3-7(15-19-5)12-10(18)6(2)20-11-13-8(16)4-9(17)14-11/h3-4,6H,1-2H3,(H,12,15,18)(H2,13,14,16,17). The number of aromatic hydroxyl groups is 1. The fraction of sp³-hybridized carbons (Fsp3) is 0.273. The summed E-state index contributed by atoms with van der Waals surface area (Å²) < 4.78 is 4.83. The van der Waals surface area contributed by atoms with Crippen LogP contribution in [-0.2, 0) is 4.79 Å². The quantitative estimate of drug-likeness (QED) is 0.566. The highest BCUT2D eigenvalue weighted by Crippen LogP contribution is 2.20. The van der Waals surface area contributed by atoms with Crippen molar-refractivity contribution in [3.63, 3.8) is 0 Å². The molecule has 2 aromatic heterocycles. The lowest BCUT2D eigenvalue weighted by molar-refractivity contribution is -0.115. The SMILES string of the molecule is Cc1cc(NC(=O)C(C)Sc2nc(O)cc(=O)[nH]2)no1. The third-order valence-electron chi connectivity index (χ3n) is 2.24. The minimum absolute atomic E-state index is 0.161. The number of carbonyl (C=O) groups excluding carboxylic acids is 1. The monoisotopic (exact) mass is 296 g/mol. The van der Waals surface area contributed by atoms with Crippen LogP contribution in [0.15, 0.2) is 26.6 Å². The van der Waals surface area contributed by atoms with E-state index in [4.69, 9.17) is 4.52 Å². The van der Waals surface area contributed by atoms with Gasteiger partial charge in [0.2, 0.25) is 11.8 Å². The topological polar surface area (TPSA) is 121 Å². The summed E-state index contributed by atoms with van der Waals surface area (Å²) in [6, 6.07) is 2.54. The number of aromatic nitrogens is 3. The fourth-order valence-corrected chi connectivity index (χ4v) is 2.16. The van der Waals surface area contributed by atoms with Gasteiger partial charge in [-0.15, -0.1) is 0 Å². The van der Waals surface area contributed by atoms with Crippen molar-refractivity contribution in [1.29, 1.82) is 0 Å². The Kier molecular flexibility index (Phi) is 4.08. The summed E-state index contributed by atoms with van der Waals surface area (Å²) in [5.41, 5.74) is -0.486. The van der Waals surface area contributed by atoms with Crippen LogP contribution in [0.25, 0.3) is 0 Å². The molecule has 0 aliphatic carbocycles. The van der Waals surface area contributed by atoms with Crippen LogP contribution in [0.2, 0.25) is 0 Å². The van der Waals surface area contributed by atoms with E-state index in [-0.39, 0.29) is 11.1 Å². The van der Waals surface area contributed by atoms with Crippen molar-refractivity contribution in [3.8, 4) is 5.88 Å². The Hall–Kier alpha value is -2.29. The first kappa shape index (κ1) is 14.1. The molecule has 9 heteroatoms. The van der Waals surface area contributed by atoms with Crippen LogP contribution in [0.4, 0.5) is 5.82 Å². The highest BCUT2D eigenvalue weighted by molar-refractivity contribution is 8.00. The van der Waals surface area contributed by atoms with Crippen molar-refractivity contribution in [2.75, 3.05) is 5.32 Å². The molecule has 106 valence electrons. The zero-order valence-electron chi connectivity index (χ0n) is 10.7. The minimum atomic E-state index is -0.544. The number of amides is 1. The van der Waals surface area contributed by atoms with Crippen molar-refractivity contribution in [1.82, 2.24) is 15.1 Å². The highest BCUT2D eigenvalue weighted by Gasteiger charge is 2.17. The Morgan fingerprint density at radius 2 is 2.30 bits per heavy atom. The number of aryl methyl sites for hydroxylation is 1. The maximum atomic E-state index is 11.9. The molecule has 20 heavy (non-hydrogen) atoms. The molecule has 1 amide bonds. The molecule has 2 rings (SSSR count). The molecule has 1 unspecified atom stereocenters. The molecule has 1 atom stereocenters. The number of H-pyrrole nitrogens is 1. The van der Waals surface area contributed by atoms with Gasteiger partial charge in [0.05, 0.1) is 11.3 Å². The second-order valence-electron chi connectivity index (χ2n) is 3.98. The molecule has 3 N–H and O–H groups in total. The molecule has 0 radical (unpaired) electrons. The third-order valence-corrected chi connectivity index (χ3v) is 3.23. The Bertz CT molecular complexity index is 681. The molecular weight excluding hydrogens is 284 g/mol. The van der Waals surface area contributed by atoms with Gasteiger partial charge in [-0.2, -0.15) is 4.98 Å². The van der Waals surface area contributed by atoms with E-state index in [9.17, 15) is 14.7 Å². The Labute approximate surface area is 117 Å². The fourth-order valence-electron chi connectivity index (χ4n) is 1.35. The number of carbonyl (C=O) groups is 1. The number of hydrogen-bond acceptors (Lipinski definition) is 7. The van der Waals surface area contributed by atoms with E-state index in [0.29, 0.717) is 11.6 Å². The Morgan fingerprint density at radius 3 is 2.90 bits per heavy atom. The van der Waals surface area contributed by atoms with Gasteiger partial charge in [-0.1, -0.05) is 16.9 Å². The van der Waals surface area contributed by atoms with Crippen molar-refractivity contribution in [3.05, 3.63) is 28.2 Å². The van der Waals surface area contributed by atoms with Crippen molar-refractivity contribution < 1.29 is 14.4 Å². The van der Waals surface area contributed by atoms with Gasteiger partial charge < -0.3 is 19.9 Å². The Balaban J connectivity index is 2.02. The largest absolute Gasteiger partial charge is 0.493 e. The van der Waals surface area contributed by atoms with Crippen molar-refractivity contribution >= 4 is 23.5 Å². The second-order valence-corrected chi connectivity index (χ2v) is 5.31. The van der Waals surface area contributed by atoms with Crippen LogP contribution in [0.3, 0.4) is 0 Å². The van der Waals surface area contributed by atoms with Crippen LogP contribution in [-0.4, -0.2) is 31.4 Å². The molecule has 0 spiro atoms. The molecule has 0 saturated carbocycles. The molecule has 2 aromatic rings. The molecule has 8 nitrogen and oxygen atoms in total. The van der Waals surface area contributed by atoms with Gasteiger partial charge in [0.15, 0.2) is 11.0 Å². The average molecular weight is 296 g/mol. The van der Waals surface area contributed by atoms with Crippen molar-refractivity contribution in [2.45, 2.75) is 24.3 Å². The van der Waals surface area contributed by atoms with E-state index in [2.05, 4.69) is 20.4 Å². The van der Waals surface area contributed by atoms with E-state index >= 15 is 0 Å². The van der Waals surface area contributed by atoms with E-state index in [1.165, 1.54) is 0 Å². The second kappa shape index (κ2) is 5.78. The first-order valence-electron chi connectivity index (χ1n) is 5.65. The van der Waals surface area contributed by atoms with E-state index in [1.807, 2.05) is 0 Å². The molecule has 2 heterocycles. The predicted molar refractivity (Wildman–Crippen MR) is 71.7 cm³/mol. The van der Waals surface area contributed by atoms with Crippen LogP contribution < -0.4 is 10.9 Å². The lowest BCUT2D eigenvalue weighted by Gasteiger charge is -2.09. The van der Waals surface area contributed by atoms with Gasteiger partial charge in [-0.25, -0.2) is 0 Å². The van der Waals surface area contributed by atoms with Crippen molar-refractivity contribution in [2.24, 2.45) is 0 Å². The van der Waals surface area contributed by atoms with Crippen LogP contribution in [0.1, 0.15) is 12.7 Å². The molecule has 0 saturated heterocycles. The maximum absolute atomic E-state index is 11.9. The van der Waals surface area contributed by atoms with Crippen LogP contribution >= 0.6 is 11.8 Å². The number of anilines is 1. The molecule has 0 aromatic carbocycles. The highest BCUT2D eigenvalue weighted by atomic mass is 32.2. The molecule has 0 fully saturated rings. The summed E-state index contributed by atoms with van der Waals surface area (Å²) in [4.78, 5) is 29.2. The summed E-state index contributed by atoms with van der Waals surface area (Å²) in [6.45, 7) is 3.35. The van der Waals surface area contributed by atoms with E-state index in [1.54, 1.807) is 19.9 Å². The maximum Gasteiger partial charge on any atom is 0.255 e. The third kappa shape index (κ3) is 3.60. The van der Waals surface area contributed by atoms with E-state index in [0.717, 1.165) is 17.8 Å². The van der Waals surface area contributed by atoms with Gasteiger partial charge >= 0.3 is 0 Å². The zero-order chi connectivity index (χ0) is 14.7. The molecular formula is C11H12N4O4S. The summed E-state index contributed by atoms with van der Waals surface area (Å²) in [5, 5.41) is 15.0. The molecule has 0 aliphatic rings. The normalized spacial score (nSPS) is 12.1. The lowest BCUT2D eigenvalue weighted by atomic mass is 10.4. The average Bonchev–Trinajstić information content (AvgIpc) is 2.73. The Morgan fingerprint density at radius 1 is 1.55 bits per heavy atom. The summed E-state index contributed by atoms with van der Waals surface area (Å²) in [7, 11) is 0. The summed E-state index contributed by atoms with van der Waals surface area (Å²) in [5.74, 6) is 0.183. The summed E-state index contributed by atoms with van der Waals surface area (Å²) in [6.07, 6.45) is 0. The van der Waals surface area contributed by atoms with Gasteiger partial charge in [0, 0.05) is 6.07 Å². The number of aromatic amines is 1. The minimum Gasteiger partial charge on any atom is -0.493 e. The summed E-state index contributed by atoms with van der Waals surface area (Å²) >= 11 is 1.01. The number of hydrogen-bond donors (Lipinski definition) is 3. The number of rotatable bonds is 4.